The van der Waals surface area contributed by atoms with Crippen molar-refractivity contribution in [2.24, 2.45) is 0 Å². The number of aromatic hydroxyl groups is 3. The first-order valence-corrected chi connectivity index (χ1v) is 6.77. The van der Waals surface area contributed by atoms with Crippen LogP contribution in [0.25, 0.3) is 0 Å². The van der Waals surface area contributed by atoms with Crippen molar-refractivity contribution in [3.63, 3.8) is 0 Å². The van der Waals surface area contributed by atoms with Crippen molar-refractivity contribution < 1.29 is 20.1 Å². The molecule has 0 saturated carbocycles. The average Bonchev–Trinajstić information content (AvgIpc) is 2.42. The first-order valence-electron chi connectivity index (χ1n) is 5.79. The smallest absolute Gasteiger partial charge is 0.234 e. The van der Waals surface area contributed by atoms with Crippen molar-refractivity contribution in [2.45, 2.75) is 4.90 Å². The lowest BCUT2D eigenvalue weighted by atomic mass is 10.3. The Morgan fingerprint density at radius 1 is 1.05 bits per heavy atom. The molecule has 20 heavy (non-hydrogen) atoms. The minimum absolute atomic E-state index is 0.00292. The predicted octanol–water partition coefficient (Wildman–Crippen LogP) is 2.53. The highest BCUT2D eigenvalue weighted by molar-refractivity contribution is 8.00. The molecule has 0 spiro atoms. The van der Waals surface area contributed by atoms with Gasteiger partial charge in [0.2, 0.25) is 5.91 Å². The van der Waals surface area contributed by atoms with Gasteiger partial charge in [0.25, 0.3) is 0 Å². The number of phenols is 3. The van der Waals surface area contributed by atoms with Gasteiger partial charge in [-0.15, -0.1) is 11.8 Å². The monoisotopic (exact) mass is 291 g/mol. The predicted molar refractivity (Wildman–Crippen MR) is 77.2 cm³/mol. The molecule has 0 aliphatic heterocycles. The molecule has 6 heteroatoms. The van der Waals surface area contributed by atoms with Gasteiger partial charge in [-0.3, -0.25) is 4.79 Å². The fraction of sp³-hybridized carbons (Fsp3) is 0.0714. The van der Waals surface area contributed by atoms with E-state index in [2.05, 4.69) is 5.32 Å². The summed E-state index contributed by atoms with van der Waals surface area (Å²) in [6.45, 7) is 0. The summed E-state index contributed by atoms with van der Waals surface area (Å²) in [6.07, 6.45) is 0. The van der Waals surface area contributed by atoms with Crippen LogP contribution in [-0.4, -0.2) is 27.0 Å². The van der Waals surface area contributed by atoms with E-state index in [-0.39, 0.29) is 28.9 Å². The lowest BCUT2D eigenvalue weighted by molar-refractivity contribution is -0.113. The van der Waals surface area contributed by atoms with Crippen LogP contribution in [0.4, 0.5) is 5.69 Å². The van der Waals surface area contributed by atoms with Gasteiger partial charge in [-0.05, 0) is 30.3 Å². The van der Waals surface area contributed by atoms with Crippen molar-refractivity contribution in [3.8, 4) is 17.2 Å². The molecule has 0 aromatic heterocycles. The fourth-order valence-electron chi connectivity index (χ4n) is 1.53. The number of rotatable bonds is 4. The van der Waals surface area contributed by atoms with E-state index in [1.54, 1.807) is 18.2 Å². The van der Waals surface area contributed by atoms with E-state index < -0.39 is 0 Å². The highest BCUT2D eigenvalue weighted by Gasteiger charge is 2.09. The van der Waals surface area contributed by atoms with Crippen LogP contribution in [0.15, 0.2) is 47.4 Å². The van der Waals surface area contributed by atoms with Crippen LogP contribution in [0.5, 0.6) is 17.2 Å². The third-order valence-electron chi connectivity index (χ3n) is 2.48. The molecule has 2 rings (SSSR count). The second-order valence-electron chi connectivity index (χ2n) is 4.01. The van der Waals surface area contributed by atoms with Gasteiger partial charge in [0.1, 0.15) is 17.2 Å². The van der Waals surface area contributed by atoms with Gasteiger partial charge >= 0.3 is 0 Å². The molecule has 0 fully saturated rings. The van der Waals surface area contributed by atoms with Gasteiger partial charge in [0.05, 0.1) is 16.3 Å². The highest BCUT2D eigenvalue weighted by atomic mass is 32.2. The zero-order valence-corrected chi connectivity index (χ0v) is 11.2. The van der Waals surface area contributed by atoms with E-state index in [4.69, 9.17) is 0 Å². The van der Waals surface area contributed by atoms with Gasteiger partial charge in [-0.1, -0.05) is 12.1 Å². The largest absolute Gasteiger partial charge is 0.508 e. The minimum atomic E-state index is -0.320. The van der Waals surface area contributed by atoms with Gasteiger partial charge in [0.15, 0.2) is 0 Å². The van der Waals surface area contributed by atoms with Crippen molar-refractivity contribution in [1.29, 1.82) is 0 Å². The van der Waals surface area contributed by atoms with Crippen LogP contribution in [0.1, 0.15) is 0 Å². The third-order valence-corrected chi connectivity index (χ3v) is 3.52. The second-order valence-corrected chi connectivity index (χ2v) is 5.02. The maximum Gasteiger partial charge on any atom is 0.234 e. The maximum absolute atomic E-state index is 11.7. The summed E-state index contributed by atoms with van der Waals surface area (Å²) >= 11 is 1.09. The number of amides is 1. The molecular weight excluding hydrogens is 278 g/mol. The number of para-hydroxylation sites is 2. The minimum Gasteiger partial charge on any atom is -0.508 e. The molecular formula is C14H13NO4S. The molecule has 5 nitrogen and oxygen atoms in total. The lowest BCUT2D eigenvalue weighted by Gasteiger charge is -2.07. The Morgan fingerprint density at radius 3 is 2.55 bits per heavy atom. The molecule has 2 aromatic carbocycles. The van der Waals surface area contributed by atoms with Gasteiger partial charge in [-0.25, -0.2) is 0 Å². The van der Waals surface area contributed by atoms with E-state index in [9.17, 15) is 20.1 Å². The number of hydrogen-bond acceptors (Lipinski definition) is 5. The van der Waals surface area contributed by atoms with Crippen LogP contribution in [0.3, 0.4) is 0 Å². The van der Waals surface area contributed by atoms with E-state index in [0.717, 1.165) is 11.8 Å². The number of phenolic OH excluding ortho intramolecular Hbond substituents is 3. The molecule has 104 valence electrons. The maximum atomic E-state index is 11.7. The molecule has 0 aliphatic carbocycles. The topological polar surface area (TPSA) is 89.8 Å². The normalized spacial score (nSPS) is 10.2. The first kappa shape index (κ1) is 14.1. The van der Waals surface area contributed by atoms with E-state index >= 15 is 0 Å². The Kier molecular flexibility index (Phi) is 4.37. The number of benzene rings is 2. The zero-order chi connectivity index (χ0) is 14.5. The molecule has 2 aromatic rings. The molecule has 0 unspecified atom stereocenters. The van der Waals surface area contributed by atoms with Crippen LogP contribution in [-0.2, 0) is 4.79 Å². The summed E-state index contributed by atoms with van der Waals surface area (Å²) < 4.78 is 0. The van der Waals surface area contributed by atoms with E-state index in [1.807, 2.05) is 0 Å². The molecule has 0 aliphatic rings. The quantitative estimate of drug-likeness (QED) is 0.395. The standard InChI is InChI=1S/C14H13NO4S/c16-9-5-6-12(18)13(7-9)20-8-14(19)15-10-3-1-2-4-11(10)17/h1-7,16-18H,8H2,(H,15,19). The van der Waals surface area contributed by atoms with Crippen molar-refractivity contribution >= 4 is 23.4 Å². The molecule has 0 atom stereocenters. The molecule has 0 saturated heterocycles. The van der Waals surface area contributed by atoms with Gasteiger partial charge in [0, 0.05) is 0 Å². The number of carbonyl (C=O) groups excluding carboxylic acids is 1. The van der Waals surface area contributed by atoms with Crippen LogP contribution in [0, 0.1) is 0 Å². The zero-order valence-electron chi connectivity index (χ0n) is 10.4. The molecule has 4 N–H and O–H groups in total. The van der Waals surface area contributed by atoms with Gasteiger partial charge in [-0.2, -0.15) is 0 Å². The number of thioether (sulfide) groups is 1. The lowest BCUT2D eigenvalue weighted by Crippen LogP contribution is -2.13. The summed E-state index contributed by atoms with van der Waals surface area (Å²) in [6, 6.07) is 10.5. The highest BCUT2D eigenvalue weighted by Crippen LogP contribution is 2.31. The Morgan fingerprint density at radius 2 is 1.80 bits per heavy atom. The Bertz CT molecular complexity index is 630. The Hall–Kier alpha value is -2.34. The summed E-state index contributed by atoms with van der Waals surface area (Å²) in [5.41, 5.74) is 0.332. The number of carbonyl (C=O) groups is 1. The van der Waals surface area contributed by atoms with Crippen LogP contribution >= 0.6 is 11.8 Å². The van der Waals surface area contributed by atoms with Crippen molar-refractivity contribution in [3.05, 3.63) is 42.5 Å². The van der Waals surface area contributed by atoms with Gasteiger partial charge < -0.3 is 20.6 Å². The summed E-state index contributed by atoms with van der Waals surface area (Å²) in [7, 11) is 0. The molecule has 0 radical (unpaired) electrons. The van der Waals surface area contributed by atoms with E-state index in [1.165, 1.54) is 24.3 Å². The average molecular weight is 291 g/mol. The summed E-state index contributed by atoms with van der Waals surface area (Å²) in [5, 5.41) is 31.0. The SMILES string of the molecule is O=C(CSc1cc(O)ccc1O)Nc1ccccc1O. The molecule has 1 amide bonds. The van der Waals surface area contributed by atoms with Crippen LogP contribution in [0.2, 0.25) is 0 Å². The number of hydrogen-bond donors (Lipinski definition) is 4. The Labute approximate surface area is 119 Å². The van der Waals surface area contributed by atoms with Crippen LogP contribution < -0.4 is 5.32 Å². The number of anilines is 1. The molecule has 0 heterocycles. The summed E-state index contributed by atoms with van der Waals surface area (Å²) in [4.78, 5) is 12.2. The fourth-order valence-corrected chi connectivity index (χ4v) is 2.31. The summed E-state index contributed by atoms with van der Waals surface area (Å²) in [5.74, 6) is -0.259. The number of nitrogens with one attached hydrogen (secondary N) is 1. The van der Waals surface area contributed by atoms with E-state index in [0.29, 0.717) is 10.6 Å². The Balaban J connectivity index is 1.96. The van der Waals surface area contributed by atoms with Crippen molar-refractivity contribution in [2.75, 3.05) is 11.1 Å². The van der Waals surface area contributed by atoms with Crippen molar-refractivity contribution in [1.82, 2.24) is 0 Å². The first-order chi connectivity index (χ1) is 9.56. The third kappa shape index (κ3) is 3.58. The molecule has 0 bridgehead atoms. The second kappa shape index (κ2) is 6.21.